The summed E-state index contributed by atoms with van der Waals surface area (Å²) in [5.74, 6) is -14.6. The van der Waals surface area contributed by atoms with Crippen molar-refractivity contribution in [3.05, 3.63) is 0 Å². The molecule has 0 aromatic rings. The van der Waals surface area contributed by atoms with Gasteiger partial charge >= 0.3 is 35.8 Å². The average molecular weight is 735 g/mol. The smallest absolute Gasteiger partial charge is 0.326 e. The third-order valence-electron chi connectivity index (χ3n) is 6.79. The van der Waals surface area contributed by atoms with E-state index in [1.165, 1.54) is 6.92 Å². The Morgan fingerprint density at radius 1 is 0.392 bits per heavy atom. The Balaban J connectivity index is 6.34. The molecule has 0 rings (SSSR count). The second-order valence-corrected chi connectivity index (χ2v) is 11.1. The molecule has 0 saturated carbocycles. The van der Waals surface area contributed by atoms with Gasteiger partial charge in [0.05, 0.1) is 6.04 Å². The second-order valence-electron chi connectivity index (χ2n) is 11.1. The molecule has 0 saturated heterocycles. The lowest BCUT2D eigenvalue weighted by molar-refractivity contribution is -0.144. The van der Waals surface area contributed by atoms with E-state index in [0.717, 1.165) is 0 Å². The van der Waals surface area contributed by atoms with Gasteiger partial charge in [-0.2, -0.15) is 0 Å². The Morgan fingerprint density at radius 2 is 0.588 bits per heavy atom. The lowest BCUT2D eigenvalue weighted by atomic mass is 10.0. The Morgan fingerprint density at radius 3 is 0.784 bits per heavy atom. The van der Waals surface area contributed by atoms with Gasteiger partial charge in [-0.05, 0) is 39.0 Å². The highest BCUT2D eigenvalue weighted by molar-refractivity contribution is 5.96. The maximum Gasteiger partial charge on any atom is 0.326 e. The predicted molar refractivity (Wildman–Crippen MR) is 165 cm³/mol. The van der Waals surface area contributed by atoms with E-state index in [9.17, 15) is 68.1 Å². The lowest BCUT2D eigenvalue weighted by Gasteiger charge is -2.26. The first-order valence-corrected chi connectivity index (χ1v) is 15.2. The summed E-state index contributed by atoms with van der Waals surface area (Å²) in [5.41, 5.74) is 5.48. The van der Waals surface area contributed by atoms with Gasteiger partial charge in [0.2, 0.25) is 29.5 Å². The maximum absolute atomic E-state index is 13.3. The van der Waals surface area contributed by atoms with E-state index in [2.05, 4.69) is 21.3 Å². The van der Waals surface area contributed by atoms with Crippen LogP contribution in [0.4, 0.5) is 0 Å². The van der Waals surface area contributed by atoms with Crippen LogP contribution in [0, 0.1) is 0 Å². The van der Waals surface area contributed by atoms with Crippen molar-refractivity contribution in [3.63, 3.8) is 0 Å². The summed E-state index contributed by atoms with van der Waals surface area (Å²) in [6.45, 7) is 1.26. The number of carboxylic acid groups (broad SMARTS) is 6. The number of carbonyl (C=O) groups is 11. The zero-order chi connectivity index (χ0) is 39.4. The third kappa shape index (κ3) is 19.7. The van der Waals surface area contributed by atoms with Gasteiger partial charge < -0.3 is 63.0 Å². The van der Waals surface area contributed by atoms with Crippen LogP contribution in [-0.2, 0) is 52.7 Å². The minimum absolute atomic E-state index is 0.491. The number of amides is 5. The summed E-state index contributed by atoms with van der Waals surface area (Å²) in [6, 6.07) is -9.95. The zero-order valence-corrected chi connectivity index (χ0v) is 27.3. The SMILES string of the molecule is C[C@H](N)C(=O)N[C@@H](CCC(=O)O)C(=O)N[C@@H](CCC(=O)O)C(=O)N[C@@H](CCC(=O)O)C(=O)N[C@@H](CCC(=O)O)C(=O)N[C@@H](CCC(=O)O)C(=O)O. The van der Waals surface area contributed by atoms with Crippen LogP contribution in [0.25, 0.3) is 0 Å². The molecule has 23 nitrogen and oxygen atoms in total. The summed E-state index contributed by atoms with van der Waals surface area (Å²) in [4.78, 5) is 132. The first-order valence-electron chi connectivity index (χ1n) is 15.2. The summed E-state index contributed by atoms with van der Waals surface area (Å²) < 4.78 is 0. The summed E-state index contributed by atoms with van der Waals surface area (Å²) >= 11 is 0. The van der Waals surface area contributed by atoms with Gasteiger partial charge in [0.1, 0.15) is 30.2 Å². The molecule has 0 aliphatic rings. The van der Waals surface area contributed by atoms with Crippen LogP contribution in [0.15, 0.2) is 0 Å². The van der Waals surface area contributed by atoms with Crippen LogP contribution in [0.2, 0.25) is 0 Å². The predicted octanol–water partition coefficient (Wildman–Crippen LogP) is -3.83. The van der Waals surface area contributed by atoms with E-state index in [4.69, 9.17) is 21.1 Å². The molecular weight excluding hydrogens is 692 g/mol. The molecular formula is C28H42N6O17. The molecule has 0 aliphatic heterocycles. The van der Waals surface area contributed by atoms with Gasteiger partial charge in [0, 0.05) is 32.1 Å². The fourth-order valence-electron chi connectivity index (χ4n) is 4.06. The quantitative estimate of drug-likeness (QED) is 0.0405. The fraction of sp³-hybridized carbons (Fsp3) is 0.607. The molecule has 0 spiro atoms. The molecule has 286 valence electrons. The molecule has 0 heterocycles. The van der Waals surface area contributed by atoms with Crippen molar-refractivity contribution in [1.82, 2.24) is 26.6 Å². The van der Waals surface area contributed by atoms with E-state index in [1.807, 2.05) is 5.32 Å². The van der Waals surface area contributed by atoms with Crippen molar-refractivity contribution in [1.29, 1.82) is 0 Å². The number of nitrogens with two attached hydrogens (primary N) is 1. The number of nitrogens with one attached hydrogen (secondary N) is 5. The van der Waals surface area contributed by atoms with Crippen molar-refractivity contribution in [2.45, 2.75) is 107 Å². The first kappa shape index (κ1) is 45.1. The molecule has 5 amide bonds. The van der Waals surface area contributed by atoms with Crippen LogP contribution in [0.1, 0.15) is 71.1 Å². The molecule has 0 fully saturated rings. The lowest BCUT2D eigenvalue weighted by Crippen LogP contribution is -2.59. The van der Waals surface area contributed by atoms with Gasteiger partial charge in [0.15, 0.2) is 0 Å². The Labute approximate surface area is 288 Å². The Kier molecular flexibility index (Phi) is 20.1. The third-order valence-corrected chi connectivity index (χ3v) is 6.79. The molecule has 23 heteroatoms. The van der Waals surface area contributed by atoms with Crippen LogP contribution < -0.4 is 32.3 Å². The Hall–Kier alpha value is -5.87. The highest BCUT2D eigenvalue weighted by atomic mass is 16.4. The molecule has 0 aromatic heterocycles. The van der Waals surface area contributed by atoms with Gasteiger partial charge in [-0.1, -0.05) is 0 Å². The fourth-order valence-corrected chi connectivity index (χ4v) is 4.06. The normalized spacial score (nSPS) is 14.2. The molecule has 0 aliphatic carbocycles. The number of rotatable bonds is 26. The molecule has 0 aromatic carbocycles. The van der Waals surface area contributed by atoms with Crippen molar-refractivity contribution < 1.29 is 83.4 Å². The van der Waals surface area contributed by atoms with Gasteiger partial charge in [-0.15, -0.1) is 0 Å². The van der Waals surface area contributed by atoms with Gasteiger partial charge in [-0.25, -0.2) is 4.79 Å². The van der Waals surface area contributed by atoms with Crippen LogP contribution in [0.5, 0.6) is 0 Å². The summed E-state index contributed by atoms with van der Waals surface area (Å²) in [5, 5.41) is 65.2. The number of aliphatic carboxylic acids is 6. The summed E-state index contributed by atoms with van der Waals surface area (Å²) in [6.07, 6.45) is -6.67. The largest absolute Gasteiger partial charge is 0.481 e. The molecule has 51 heavy (non-hydrogen) atoms. The van der Waals surface area contributed by atoms with E-state index in [0.29, 0.717) is 0 Å². The molecule has 6 atom stereocenters. The van der Waals surface area contributed by atoms with Gasteiger partial charge in [0.25, 0.3) is 0 Å². The topological polar surface area (TPSA) is 395 Å². The van der Waals surface area contributed by atoms with Crippen molar-refractivity contribution in [2.75, 3.05) is 0 Å². The van der Waals surface area contributed by atoms with Gasteiger partial charge in [-0.3, -0.25) is 47.9 Å². The minimum atomic E-state index is -1.85. The van der Waals surface area contributed by atoms with E-state index in [1.54, 1.807) is 0 Å². The zero-order valence-electron chi connectivity index (χ0n) is 27.3. The highest BCUT2D eigenvalue weighted by Gasteiger charge is 2.33. The average Bonchev–Trinajstić information content (AvgIpc) is 3.01. The molecule has 0 bridgehead atoms. The van der Waals surface area contributed by atoms with Crippen LogP contribution in [-0.4, -0.2) is 132 Å². The molecule has 0 radical (unpaired) electrons. The van der Waals surface area contributed by atoms with Crippen molar-refractivity contribution in [2.24, 2.45) is 5.73 Å². The van der Waals surface area contributed by atoms with Crippen LogP contribution >= 0.6 is 0 Å². The number of hydrogen-bond acceptors (Lipinski definition) is 12. The molecule has 0 unspecified atom stereocenters. The van der Waals surface area contributed by atoms with Crippen molar-refractivity contribution in [3.8, 4) is 0 Å². The standard InChI is InChI=1S/C28H42N6O17/c1-12(29)23(45)30-13(2-7-18(35)36)24(46)31-14(3-8-19(37)38)25(47)32-15(4-9-20(39)40)26(48)33-16(5-10-21(41)42)27(49)34-17(28(50)51)6-11-22(43)44/h12-17H,2-11,29H2,1H3,(H,30,45)(H,31,46)(H,32,47)(H,33,48)(H,34,49)(H,35,36)(H,37,38)(H,39,40)(H,41,42)(H,43,44)(H,50,51)/t12-,13-,14-,15-,16-,17-/m0/s1. The second kappa shape index (κ2) is 22.7. The van der Waals surface area contributed by atoms with Crippen LogP contribution in [0.3, 0.4) is 0 Å². The van der Waals surface area contributed by atoms with E-state index >= 15 is 0 Å². The van der Waals surface area contributed by atoms with E-state index < -0.39 is 166 Å². The monoisotopic (exact) mass is 734 g/mol. The minimum Gasteiger partial charge on any atom is -0.481 e. The number of hydrogen-bond donors (Lipinski definition) is 12. The summed E-state index contributed by atoms with van der Waals surface area (Å²) in [7, 11) is 0. The maximum atomic E-state index is 13.3. The first-order chi connectivity index (χ1) is 23.6. The van der Waals surface area contributed by atoms with Crippen molar-refractivity contribution >= 4 is 65.4 Å². The number of carbonyl (C=O) groups excluding carboxylic acids is 5. The number of carboxylic acids is 6. The molecule has 13 N–H and O–H groups in total. The highest BCUT2D eigenvalue weighted by Crippen LogP contribution is 2.08. The Bertz CT molecular complexity index is 1340. The van der Waals surface area contributed by atoms with E-state index in [-0.39, 0.29) is 0 Å².